The Morgan fingerprint density at radius 1 is 1.47 bits per heavy atom. The topological polar surface area (TPSA) is 82.3 Å². The van der Waals surface area contributed by atoms with Gasteiger partial charge in [-0.2, -0.15) is 5.26 Å². The number of nitriles is 1. The zero-order valence-electron chi connectivity index (χ0n) is 12.6. The van der Waals surface area contributed by atoms with Gasteiger partial charge in [-0.05, 0) is 33.6 Å². The van der Waals surface area contributed by atoms with Gasteiger partial charge in [-0.25, -0.2) is 4.79 Å². The molecule has 0 aliphatic heterocycles. The Balaban J connectivity index is 0.000000532. The molecule has 0 aromatic heterocycles. The summed E-state index contributed by atoms with van der Waals surface area (Å²) in [6.45, 7) is 9.04. The Labute approximate surface area is 115 Å². The van der Waals surface area contributed by atoms with Crippen molar-refractivity contribution in [2.24, 2.45) is 5.92 Å². The summed E-state index contributed by atoms with van der Waals surface area (Å²) in [5, 5.41) is 19.8. The maximum Gasteiger partial charge on any atom is 0.407 e. The minimum absolute atomic E-state index is 0.582. The summed E-state index contributed by atoms with van der Waals surface area (Å²) < 4.78 is 4.93. The Bertz CT molecular complexity index is 314. The van der Waals surface area contributed by atoms with Crippen LogP contribution < -0.4 is 5.32 Å². The van der Waals surface area contributed by atoms with Crippen molar-refractivity contribution in [3.05, 3.63) is 0 Å². The smallest absolute Gasteiger partial charge is 0.407 e. The fraction of sp³-hybridized carbons (Fsp3) is 0.857. The van der Waals surface area contributed by atoms with Crippen LogP contribution in [-0.4, -0.2) is 28.9 Å². The number of amides is 1. The van der Waals surface area contributed by atoms with Crippen molar-refractivity contribution in [3.8, 4) is 6.07 Å². The monoisotopic (exact) mass is 270 g/mol. The Morgan fingerprint density at radius 2 is 1.95 bits per heavy atom. The van der Waals surface area contributed by atoms with Gasteiger partial charge in [0.25, 0.3) is 0 Å². The van der Waals surface area contributed by atoms with E-state index in [1.54, 1.807) is 26.8 Å². The molecule has 5 nitrogen and oxygen atoms in total. The molecule has 0 bridgehead atoms. The van der Waals surface area contributed by atoms with Crippen molar-refractivity contribution < 1.29 is 14.6 Å². The third-order valence-electron chi connectivity index (χ3n) is 2.74. The van der Waals surface area contributed by atoms with Crippen molar-refractivity contribution in [2.75, 3.05) is 0 Å². The molecule has 19 heavy (non-hydrogen) atoms. The van der Waals surface area contributed by atoms with Gasteiger partial charge < -0.3 is 15.2 Å². The fourth-order valence-electron chi connectivity index (χ4n) is 1.30. The van der Waals surface area contributed by atoms with Crippen LogP contribution in [0.25, 0.3) is 0 Å². The van der Waals surface area contributed by atoms with Crippen LogP contribution in [0.5, 0.6) is 0 Å². The number of carbonyl (C=O) groups excluding carboxylic acids is 1. The molecule has 1 amide bonds. The first-order valence-corrected chi connectivity index (χ1v) is 6.73. The van der Waals surface area contributed by atoms with E-state index in [2.05, 4.69) is 12.2 Å². The highest BCUT2D eigenvalue weighted by molar-refractivity contribution is 5.68. The molecule has 110 valence electrons. The van der Waals surface area contributed by atoms with Gasteiger partial charge in [0.1, 0.15) is 5.60 Å². The van der Waals surface area contributed by atoms with E-state index < -0.39 is 23.8 Å². The first-order chi connectivity index (χ1) is 8.65. The number of rotatable bonds is 2. The van der Waals surface area contributed by atoms with E-state index in [1.165, 1.54) is 26.2 Å². The highest BCUT2D eigenvalue weighted by Gasteiger charge is 2.20. The lowest BCUT2D eigenvalue weighted by molar-refractivity contribution is 0.0468. The van der Waals surface area contributed by atoms with Gasteiger partial charge in [-0.3, -0.25) is 0 Å². The van der Waals surface area contributed by atoms with Crippen molar-refractivity contribution in [3.63, 3.8) is 0 Å². The van der Waals surface area contributed by atoms with Gasteiger partial charge in [0.15, 0.2) is 6.10 Å². The predicted octanol–water partition coefficient (Wildman–Crippen LogP) is 2.59. The third kappa shape index (κ3) is 9.32. The second-order valence-corrected chi connectivity index (χ2v) is 6.04. The summed E-state index contributed by atoms with van der Waals surface area (Å²) in [4.78, 5) is 11.1. The van der Waals surface area contributed by atoms with E-state index in [-0.39, 0.29) is 0 Å². The number of alkyl carbamates (subject to hydrolysis) is 1. The summed E-state index contributed by atoms with van der Waals surface area (Å²) in [5.41, 5.74) is -0.582. The number of nitrogens with one attached hydrogen (secondary N) is 1. The first-order valence-electron chi connectivity index (χ1n) is 6.73. The van der Waals surface area contributed by atoms with E-state index in [0.717, 1.165) is 5.92 Å². The number of hydrogen-bond donors (Lipinski definition) is 2. The Kier molecular flexibility index (Phi) is 7.47. The summed E-state index contributed by atoms with van der Waals surface area (Å²) in [6, 6.07) is 0.975. The lowest BCUT2D eigenvalue weighted by atomic mass is 9.88. The van der Waals surface area contributed by atoms with E-state index in [9.17, 15) is 4.79 Å². The quantitative estimate of drug-likeness (QED) is 0.755. The van der Waals surface area contributed by atoms with Crippen LogP contribution in [0, 0.1) is 17.2 Å². The Hall–Kier alpha value is -1.28. The maximum absolute atomic E-state index is 11.1. The van der Waals surface area contributed by atoms with Crippen LogP contribution in [0.1, 0.15) is 53.9 Å². The van der Waals surface area contributed by atoms with Crippen LogP contribution in [0.3, 0.4) is 0 Å². The molecule has 1 rings (SSSR count). The van der Waals surface area contributed by atoms with Crippen molar-refractivity contribution >= 4 is 6.09 Å². The zero-order valence-corrected chi connectivity index (χ0v) is 12.6. The van der Waals surface area contributed by atoms with Gasteiger partial charge in [-0.1, -0.05) is 26.2 Å². The van der Waals surface area contributed by atoms with Crippen LogP contribution in [0.2, 0.25) is 0 Å². The minimum atomic E-state index is -1.22. The summed E-state index contributed by atoms with van der Waals surface area (Å²) >= 11 is 0. The normalized spacial score (nSPS) is 17.9. The number of carbonyl (C=O) groups is 1. The second kappa shape index (κ2) is 8.00. The first kappa shape index (κ1) is 17.7. The molecule has 2 unspecified atom stereocenters. The molecule has 1 saturated carbocycles. The van der Waals surface area contributed by atoms with E-state index in [0.29, 0.717) is 0 Å². The standard InChI is InChI=1S/C9H16N2O3.C5H10/c1-6(7(12)5-10)11-8(13)14-9(2,3)4;1-5-3-2-4-5/h6-7,12H,1-4H3,(H,11,13);5H,2-4H2,1H3. The summed E-state index contributed by atoms with van der Waals surface area (Å²) in [7, 11) is 0. The molecule has 0 radical (unpaired) electrons. The molecule has 1 aliphatic carbocycles. The van der Waals surface area contributed by atoms with Gasteiger partial charge >= 0.3 is 6.09 Å². The van der Waals surface area contributed by atoms with Crippen LogP contribution in [0.4, 0.5) is 4.79 Å². The SMILES string of the molecule is CC(NC(=O)OC(C)(C)C)C(O)C#N.CC1CCC1. The van der Waals surface area contributed by atoms with E-state index in [4.69, 9.17) is 15.1 Å². The van der Waals surface area contributed by atoms with E-state index in [1.807, 2.05) is 0 Å². The van der Waals surface area contributed by atoms with Crippen LogP contribution >= 0.6 is 0 Å². The number of hydrogen-bond acceptors (Lipinski definition) is 4. The minimum Gasteiger partial charge on any atom is -0.444 e. The van der Waals surface area contributed by atoms with Gasteiger partial charge in [-0.15, -0.1) is 0 Å². The largest absolute Gasteiger partial charge is 0.444 e. The molecular formula is C14H26N2O3. The average molecular weight is 270 g/mol. The van der Waals surface area contributed by atoms with Crippen molar-refractivity contribution in [1.29, 1.82) is 5.26 Å². The average Bonchev–Trinajstić information content (AvgIpc) is 2.23. The molecule has 0 saturated heterocycles. The molecule has 0 spiro atoms. The lowest BCUT2D eigenvalue weighted by Gasteiger charge is -2.22. The summed E-state index contributed by atoms with van der Waals surface area (Å²) in [6.07, 6.45) is 2.60. The second-order valence-electron chi connectivity index (χ2n) is 6.04. The molecule has 0 aromatic carbocycles. The molecule has 1 aliphatic rings. The number of nitrogens with zero attached hydrogens (tertiary/aromatic N) is 1. The highest BCUT2D eigenvalue weighted by atomic mass is 16.6. The number of ether oxygens (including phenoxy) is 1. The fourth-order valence-corrected chi connectivity index (χ4v) is 1.30. The zero-order chi connectivity index (χ0) is 15.1. The van der Waals surface area contributed by atoms with Crippen molar-refractivity contribution in [1.82, 2.24) is 5.32 Å². The molecular weight excluding hydrogens is 244 g/mol. The lowest BCUT2D eigenvalue weighted by Crippen LogP contribution is -2.43. The van der Waals surface area contributed by atoms with Crippen molar-refractivity contribution in [2.45, 2.75) is 71.6 Å². The van der Waals surface area contributed by atoms with Crippen LogP contribution in [-0.2, 0) is 4.74 Å². The highest BCUT2D eigenvalue weighted by Crippen LogP contribution is 2.24. The molecule has 0 heterocycles. The molecule has 2 atom stereocenters. The van der Waals surface area contributed by atoms with Gasteiger partial charge in [0.05, 0.1) is 12.1 Å². The number of aliphatic hydroxyl groups is 1. The maximum atomic E-state index is 11.1. The number of aliphatic hydroxyl groups excluding tert-OH is 1. The predicted molar refractivity (Wildman–Crippen MR) is 73.5 cm³/mol. The van der Waals surface area contributed by atoms with Gasteiger partial charge in [0, 0.05) is 0 Å². The van der Waals surface area contributed by atoms with E-state index >= 15 is 0 Å². The Morgan fingerprint density at radius 3 is 2.21 bits per heavy atom. The third-order valence-corrected chi connectivity index (χ3v) is 2.74. The molecule has 1 fully saturated rings. The molecule has 5 heteroatoms. The van der Waals surface area contributed by atoms with Gasteiger partial charge in [0.2, 0.25) is 0 Å². The molecule has 2 N–H and O–H groups in total. The summed E-state index contributed by atoms with van der Waals surface area (Å²) in [5.74, 6) is 1.06. The van der Waals surface area contributed by atoms with Crippen LogP contribution in [0.15, 0.2) is 0 Å². The molecule has 0 aromatic rings.